The number of aromatic nitrogens is 2. The average molecular weight is 221 g/mol. The SMILES string of the molecule is CCC1CCCCC1(N)Cc1cnn(C)c1. The highest BCUT2D eigenvalue weighted by atomic mass is 15.2. The van der Waals surface area contributed by atoms with Crippen LogP contribution in [0.4, 0.5) is 0 Å². The Balaban J connectivity index is 2.10. The van der Waals surface area contributed by atoms with Gasteiger partial charge in [0.1, 0.15) is 0 Å². The van der Waals surface area contributed by atoms with E-state index >= 15 is 0 Å². The molecule has 90 valence electrons. The van der Waals surface area contributed by atoms with Gasteiger partial charge in [0.2, 0.25) is 0 Å². The Morgan fingerprint density at radius 1 is 1.56 bits per heavy atom. The maximum absolute atomic E-state index is 6.62. The number of rotatable bonds is 3. The van der Waals surface area contributed by atoms with Crippen LogP contribution in [0.15, 0.2) is 12.4 Å². The third-order valence-electron chi connectivity index (χ3n) is 4.04. The molecule has 1 fully saturated rings. The van der Waals surface area contributed by atoms with Crippen molar-refractivity contribution in [2.24, 2.45) is 18.7 Å². The summed E-state index contributed by atoms with van der Waals surface area (Å²) in [7, 11) is 1.96. The van der Waals surface area contributed by atoms with Gasteiger partial charge in [0.05, 0.1) is 6.20 Å². The molecule has 2 rings (SSSR count). The molecule has 0 amide bonds. The van der Waals surface area contributed by atoms with Crippen LogP contribution in [-0.4, -0.2) is 15.3 Å². The normalized spacial score (nSPS) is 30.6. The molecule has 3 heteroatoms. The number of nitrogens with zero attached hydrogens (tertiary/aromatic N) is 2. The number of aryl methyl sites for hydroxylation is 1. The zero-order valence-electron chi connectivity index (χ0n) is 10.4. The van der Waals surface area contributed by atoms with Crippen molar-refractivity contribution in [3.05, 3.63) is 18.0 Å². The monoisotopic (exact) mass is 221 g/mol. The van der Waals surface area contributed by atoms with E-state index in [9.17, 15) is 0 Å². The summed E-state index contributed by atoms with van der Waals surface area (Å²) in [5.41, 5.74) is 7.91. The van der Waals surface area contributed by atoms with E-state index in [0.29, 0.717) is 5.92 Å². The Morgan fingerprint density at radius 2 is 2.38 bits per heavy atom. The Labute approximate surface area is 98.0 Å². The second-order valence-electron chi connectivity index (χ2n) is 5.28. The van der Waals surface area contributed by atoms with E-state index in [1.165, 1.54) is 37.7 Å². The molecule has 1 aromatic heterocycles. The lowest BCUT2D eigenvalue weighted by atomic mass is 9.69. The zero-order chi connectivity index (χ0) is 11.6. The van der Waals surface area contributed by atoms with Crippen molar-refractivity contribution in [3.63, 3.8) is 0 Å². The predicted molar refractivity (Wildman–Crippen MR) is 66.1 cm³/mol. The molecule has 1 aliphatic rings. The van der Waals surface area contributed by atoms with Crippen LogP contribution in [0.2, 0.25) is 0 Å². The second kappa shape index (κ2) is 4.58. The van der Waals surface area contributed by atoms with E-state index < -0.39 is 0 Å². The highest BCUT2D eigenvalue weighted by Crippen LogP contribution is 2.36. The molecule has 1 heterocycles. The number of hydrogen-bond donors (Lipinski definition) is 1. The average Bonchev–Trinajstić information content (AvgIpc) is 2.64. The molecule has 0 aromatic carbocycles. The molecule has 2 unspecified atom stereocenters. The van der Waals surface area contributed by atoms with Crippen LogP contribution in [-0.2, 0) is 13.5 Å². The maximum atomic E-state index is 6.62. The van der Waals surface area contributed by atoms with Gasteiger partial charge in [-0.3, -0.25) is 4.68 Å². The first kappa shape index (κ1) is 11.6. The molecule has 0 spiro atoms. The lowest BCUT2D eigenvalue weighted by molar-refractivity contribution is 0.182. The zero-order valence-corrected chi connectivity index (χ0v) is 10.4. The summed E-state index contributed by atoms with van der Waals surface area (Å²) < 4.78 is 1.86. The van der Waals surface area contributed by atoms with Gasteiger partial charge in [-0.2, -0.15) is 5.10 Å². The van der Waals surface area contributed by atoms with Gasteiger partial charge in [-0.15, -0.1) is 0 Å². The number of hydrogen-bond acceptors (Lipinski definition) is 2. The smallest absolute Gasteiger partial charge is 0.0522 e. The van der Waals surface area contributed by atoms with Gasteiger partial charge in [0, 0.05) is 18.8 Å². The van der Waals surface area contributed by atoms with Gasteiger partial charge >= 0.3 is 0 Å². The largest absolute Gasteiger partial charge is 0.325 e. The molecule has 16 heavy (non-hydrogen) atoms. The van der Waals surface area contributed by atoms with Crippen molar-refractivity contribution in [3.8, 4) is 0 Å². The maximum Gasteiger partial charge on any atom is 0.0522 e. The van der Waals surface area contributed by atoms with Crippen LogP contribution in [0.3, 0.4) is 0 Å². The summed E-state index contributed by atoms with van der Waals surface area (Å²) in [6.45, 7) is 2.26. The molecular weight excluding hydrogens is 198 g/mol. The summed E-state index contributed by atoms with van der Waals surface area (Å²) in [6, 6.07) is 0. The molecule has 1 aromatic rings. The predicted octanol–water partition coefficient (Wildman–Crippen LogP) is 2.26. The Bertz CT molecular complexity index is 345. The molecule has 1 aliphatic carbocycles. The highest BCUT2D eigenvalue weighted by Gasteiger charge is 2.36. The molecule has 0 saturated heterocycles. The lowest BCUT2D eigenvalue weighted by Crippen LogP contribution is -2.50. The summed E-state index contributed by atoms with van der Waals surface area (Å²) >= 11 is 0. The minimum Gasteiger partial charge on any atom is -0.325 e. The minimum absolute atomic E-state index is 0.00995. The van der Waals surface area contributed by atoms with Crippen LogP contribution in [0, 0.1) is 5.92 Å². The van der Waals surface area contributed by atoms with E-state index in [1.807, 2.05) is 17.9 Å². The molecule has 2 N–H and O–H groups in total. The summed E-state index contributed by atoms with van der Waals surface area (Å²) in [6.07, 6.45) is 11.3. The molecule has 0 bridgehead atoms. The second-order valence-corrected chi connectivity index (χ2v) is 5.28. The third-order valence-corrected chi connectivity index (χ3v) is 4.04. The fourth-order valence-corrected chi connectivity index (χ4v) is 3.12. The first-order valence-electron chi connectivity index (χ1n) is 6.40. The Morgan fingerprint density at radius 3 is 3.00 bits per heavy atom. The standard InChI is InChI=1S/C13H23N3/c1-3-12-6-4-5-7-13(12,14)8-11-9-15-16(2)10-11/h9-10,12H,3-8,14H2,1-2H3. The first-order chi connectivity index (χ1) is 7.64. The van der Waals surface area contributed by atoms with Crippen molar-refractivity contribution in [2.45, 2.75) is 51.0 Å². The minimum atomic E-state index is 0.00995. The molecular formula is C13H23N3. The van der Waals surface area contributed by atoms with Crippen molar-refractivity contribution in [1.29, 1.82) is 0 Å². The van der Waals surface area contributed by atoms with E-state index in [0.717, 1.165) is 6.42 Å². The molecule has 1 saturated carbocycles. The fourth-order valence-electron chi connectivity index (χ4n) is 3.12. The van der Waals surface area contributed by atoms with Crippen molar-refractivity contribution >= 4 is 0 Å². The molecule has 0 radical (unpaired) electrons. The Kier molecular flexibility index (Phi) is 3.33. The van der Waals surface area contributed by atoms with Crippen LogP contribution in [0.25, 0.3) is 0 Å². The topological polar surface area (TPSA) is 43.8 Å². The van der Waals surface area contributed by atoms with Gasteiger partial charge in [-0.1, -0.05) is 26.2 Å². The van der Waals surface area contributed by atoms with Crippen molar-refractivity contribution < 1.29 is 0 Å². The van der Waals surface area contributed by atoms with Gasteiger partial charge < -0.3 is 5.73 Å². The van der Waals surface area contributed by atoms with E-state index in [1.54, 1.807) is 0 Å². The number of nitrogens with two attached hydrogens (primary N) is 1. The van der Waals surface area contributed by atoms with Crippen LogP contribution < -0.4 is 5.73 Å². The van der Waals surface area contributed by atoms with Gasteiger partial charge in [-0.05, 0) is 30.7 Å². The summed E-state index contributed by atoms with van der Waals surface area (Å²) in [5, 5.41) is 4.23. The van der Waals surface area contributed by atoms with Crippen LogP contribution in [0.5, 0.6) is 0 Å². The fraction of sp³-hybridized carbons (Fsp3) is 0.769. The van der Waals surface area contributed by atoms with Crippen LogP contribution >= 0.6 is 0 Å². The van der Waals surface area contributed by atoms with E-state index in [4.69, 9.17) is 5.73 Å². The third kappa shape index (κ3) is 2.29. The van der Waals surface area contributed by atoms with Crippen molar-refractivity contribution in [2.75, 3.05) is 0 Å². The molecule has 2 atom stereocenters. The van der Waals surface area contributed by atoms with Crippen LogP contribution in [0.1, 0.15) is 44.6 Å². The van der Waals surface area contributed by atoms with Gasteiger partial charge in [0.25, 0.3) is 0 Å². The summed E-state index contributed by atoms with van der Waals surface area (Å²) in [5.74, 6) is 0.682. The van der Waals surface area contributed by atoms with Gasteiger partial charge in [-0.25, -0.2) is 0 Å². The quantitative estimate of drug-likeness (QED) is 0.851. The van der Waals surface area contributed by atoms with E-state index in [2.05, 4.69) is 18.2 Å². The summed E-state index contributed by atoms with van der Waals surface area (Å²) in [4.78, 5) is 0. The van der Waals surface area contributed by atoms with E-state index in [-0.39, 0.29) is 5.54 Å². The van der Waals surface area contributed by atoms with Crippen molar-refractivity contribution in [1.82, 2.24) is 9.78 Å². The molecule has 3 nitrogen and oxygen atoms in total. The lowest BCUT2D eigenvalue weighted by Gasteiger charge is -2.41. The highest BCUT2D eigenvalue weighted by molar-refractivity contribution is 5.11. The Hall–Kier alpha value is -0.830. The molecule has 0 aliphatic heterocycles. The van der Waals surface area contributed by atoms with Gasteiger partial charge in [0.15, 0.2) is 0 Å². The first-order valence-corrected chi connectivity index (χ1v) is 6.40.